The van der Waals surface area contributed by atoms with E-state index < -0.39 is 0 Å². The number of carbonyl (C=O) groups excluding carboxylic acids is 1. The second-order valence-electron chi connectivity index (χ2n) is 7.03. The fraction of sp³-hybridized carbons (Fsp3) is 0.632. The molecule has 1 aliphatic heterocycles. The van der Waals surface area contributed by atoms with Crippen molar-refractivity contribution in [2.45, 2.75) is 63.7 Å². The number of carbonyl (C=O) groups is 1. The zero-order valence-corrected chi connectivity index (χ0v) is 14.0. The summed E-state index contributed by atoms with van der Waals surface area (Å²) in [6, 6.07) is 11.2. The van der Waals surface area contributed by atoms with Gasteiger partial charge < -0.3 is 10.0 Å². The molecule has 1 amide bonds. The number of amides is 1. The normalized spacial score (nSPS) is 25.3. The second kappa shape index (κ2) is 7.45. The van der Waals surface area contributed by atoms with Crippen LogP contribution in [-0.2, 0) is 11.3 Å². The van der Waals surface area contributed by atoms with E-state index in [0.29, 0.717) is 25.2 Å². The minimum Gasteiger partial charge on any atom is -0.395 e. The lowest BCUT2D eigenvalue weighted by Crippen LogP contribution is -2.52. The van der Waals surface area contributed by atoms with Crippen molar-refractivity contribution in [3.8, 4) is 0 Å². The van der Waals surface area contributed by atoms with E-state index in [1.165, 1.54) is 5.56 Å². The molecule has 3 rings (SSSR count). The average Bonchev–Trinajstić information content (AvgIpc) is 3.40. The number of nitrogens with zero attached hydrogens (tertiary/aromatic N) is 2. The number of hydrogen-bond acceptors (Lipinski definition) is 3. The van der Waals surface area contributed by atoms with Crippen molar-refractivity contribution < 1.29 is 9.90 Å². The van der Waals surface area contributed by atoms with E-state index in [2.05, 4.69) is 24.0 Å². The molecule has 1 saturated carbocycles. The largest absolute Gasteiger partial charge is 0.395 e. The summed E-state index contributed by atoms with van der Waals surface area (Å²) in [5, 5.41) is 9.62. The molecule has 2 unspecified atom stereocenters. The third kappa shape index (κ3) is 4.12. The van der Waals surface area contributed by atoms with Crippen molar-refractivity contribution in [2.75, 3.05) is 13.2 Å². The molecule has 1 aromatic carbocycles. The number of aliphatic hydroxyl groups excluding tert-OH is 1. The molecule has 0 bridgehead atoms. The average molecular weight is 316 g/mol. The topological polar surface area (TPSA) is 43.8 Å². The van der Waals surface area contributed by atoms with E-state index >= 15 is 0 Å². The summed E-state index contributed by atoms with van der Waals surface area (Å²) in [7, 11) is 0. The first-order valence-electron chi connectivity index (χ1n) is 8.89. The van der Waals surface area contributed by atoms with Gasteiger partial charge in [0.05, 0.1) is 13.2 Å². The molecule has 4 nitrogen and oxygen atoms in total. The molecule has 126 valence electrons. The Labute approximate surface area is 139 Å². The fourth-order valence-corrected chi connectivity index (χ4v) is 3.66. The lowest BCUT2D eigenvalue weighted by molar-refractivity contribution is -0.135. The van der Waals surface area contributed by atoms with Crippen LogP contribution in [0.15, 0.2) is 30.3 Å². The van der Waals surface area contributed by atoms with Crippen LogP contribution in [0.2, 0.25) is 0 Å². The summed E-state index contributed by atoms with van der Waals surface area (Å²) >= 11 is 0. The molecule has 1 N–H and O–H groups in total. The third-order valence-electron chi connectivity index (χ3n) is 5.23. The Morgan fingerprint density at radius 1 is 1.22 bits per heavy atom. The fourth-order valence-electron chi connectivity index (χ4n) is 3.66. The maximum atomic E-state index is 12.9. The van der Waals surface area contributed by atoms with E-state index in [9.17, 15) is 9.90 Å². The molecule has 2 fully saturated rings. The summed E-state index contributed by atoms with van der Waals surface area (Å²) in [5.41, 5.74) is 1.19. The predicted molar refractivity (Wildman–Crippen MR) is 90.9 cm³/mol. The first-order valence-corrected chi connectivity index (χ1v) is 8.89. The first-order chi connectivity index (χ1) is 11.2. The number of hydrogen-bond donors (Lipinski definition) is 1. The Balaban J connectivity index is 1.66. The van der Waals surface area contributed by atoms with Crippen molar-refractivity contribution in [2.24, 2.45) is 0 Å². The highest BCUT2D eigenvalue weighted by Crippen LogP contribution is 2.29. The Morgan fingerprint density at radius 2 is 1.96 bits per heavy atom. The van der Waals surface area contributed by atoms with Gasteiger partial charge in [0.25, 0.3) is 0 Å². The molecule has 1 aromatic rings. The van der Waals surface area contributed by atoms with Crippen molar-refractivity contribution in [1.29, 1.82) is 0 Å². The maximum Gasteiger partial charge on any atom is 0.237 e. The van der Waals surface area contributed by atoms with E-state index in [4.69, 9.17) is 0 Å². The van der Waals surface area contributed by atoms with Crippen LogP contribution in [0.25, 0.3) is 0 Å². The highest BCUT2D eigenvalue weighted by atomic mass is 16.3. The molecule has 1 aliphatic carbocycles. The number of benzene rings is 1. The monoisotopic (exact) mass is 316 g/mol. The molecule has 23 heavy (non-hydrogen) atoms. The van der Waals surface area contributed by atoms with Gasteiger partial charge in [-0.2, -0.15) is 0 Å². The summed E-state index contributed by atoms with van der Waals surface area (Å²) in [6.07, 6.45) is 5.50. The van der Waals surface area contributed by atoms with Crippen LogP contribution in [0.1, 0.15) is 44.6 Å². The molecule has 2 atom stereocenters. The number of likely N-dealkylation sites (tertiary alicyclic amines) is 1. The van der Waals surface area contributed by atoms with Crippen LogP contribution < -0.4 is 0 Å². The Morgan fingerprint density at radius 3 is 2.61 bits per heavy atom. The molecule has 4 heteroatoms. The Hall–Kier alpha value is -1.39. The SMILES string of the molecule is CC1CCCC(CO)N1CC(=O)N(Cc1ccccc1)C1CC1. The minimum atomic E-state index is 0.139. The van der Waals surface area contributed by atoms with Crippen molar-refractivity contribution >= 4 is 5.91 Å². The predicted octanol–water partition coefficient (Wildman–Crippen LogP) is 2.41. The van der Waals surface area contributed by atoms with Crippen LogP contribution in [0.4, 0.5) is 0 Å². The molecule has 2 aliphatic rings. The highest BCUT2D eigenvalue weighted by Gasteiger charge is 2.35. The molecular weight excluding hydrogens is 288 g/mol. The van der Waals surface area contributed by atoms with Gasteiger partial charge in [-0.05, 0) is 38.2 Å². The van der Waals surface area contributed by atoms with Gasteiger partial charge in [-0.25, -0.2) is 0 Å². The maximum absolute atomic E-state index is 12.9. The smallest absolute Gasteiger partial charge is 0.237 e. The number of piperidine rings is 1. The Bertz CT molecular complexity index is 515. The second-order valence-corrected chi connectivity index (χ2v) is 7.03. The summed E-state index contributed by atoms with van der Waals surface area (Å²) in [6.45, 7) is 3.47. The van der Waals surface area contributed by atoms with Gasteiger partial charge in [-0.3, -0.25) is 9.69 Å². The van der Waals surface area contributed by atoms with Gasteiger partial charge in [0.1, 0.15) is 0 Å². The lowest BCUT2D eigenvalue weighted by atomic mass is 9.97. The van der Waals surface area contributed by atoms with Crippen molar-refractivity contribution in [3.05, 3.63) is 35.9 Å². The van der Waals surface area contributed by atoms with Crippen molar-refractivity contribution in [1.82, 2.24) is 9.80 Å². The van der Waals surface area contributed by atoms with E-state index in [1.54, 1.807) is 0 Å². The quantitative estimate of drug-likeness (QED) is 0.876. The molecular formula is C19H28N2O2. The van der Waals surface area contributed by atoms with Crippen LogP contribution in [0.3, 0.4) is 0 Å². The molecule has 1 saturated heterocycles. The van der Waals surface area contributed by atoms with Crippen LogP contribution in [0, 0.1) is 0 Å². The van der Waals surface area contributed by atoms with Gasteiger partial charge in [0.2, 0.25) is 5.91 Å². The standard InChI is InChI=1S/C19H28N2O2/c1-15-6-5-9-18(14-22)20(15)13-19(23)21(17-10-11-17)12-16-7-3-2-4-8-16/h2-4,7-8,15,17-18,22H,5-6,9-14H2,1H3. The van der Waals surface area contributed by atoms with Crippen molar-refractivity contribution in [3.63, 3.8) is 0 Å². The molecule has 0 aromatic heterocycles. The minimum absolute atomic E-state index is 0.139. The van der Waals surface area contributed by atoms with Crippen LogP contribution in [-0.4, -0.2) is 52.1 Å². The summed E-state index contributed by atoms with van der Waals surface area (Å²) in [4.78, 5) is 17.2. The van der Waals surface area contributed by atoms with Gasteiger partial charge in [0, 0.05) is 24.7 Å². The van der Waals surface area contributed by atoms with Gasteiger partial charge in [0.15, 0.2) is 0 Å². The zero-order valence-electron chi connectivity index (χ0n) is 14.0. The van der Waals surface area contributed by atoms with E-state index in [-0.39, 0.29) is 18.6 Å². The molecule has 0 radical (unpaired) electrons. The lowest BCUT2D eigenvalue weighted by Gasteiger charge is -2.40. The van der Waals surface area contributed by atoms with Gasteiger partial charge in [-0.15, -0.1) is 0 Å². The summed E-state index contributed by atoms with van der Waals surface area (Å²) < 4.78 is 0. The number of aliphatic hydroxyl groups is 1. The van der Waals surface area contributed by atoms with E-state index in [0.717, 1.165) is 32.1 Å². The third-order valence-corrected chi connectivity index (χ3v) is 5.23. The Kier molecular flexibility index (Phi) is 5.34. The van der Waals surface area contributed by atoms with Gasteiger partial charge >= 0.3 is 0 Å². The highest BCUT2D eigenvalue weighted by molar-refractivity contribution is 5.79. The van der Waals surface area contributed by atoms with Gasteiger partial charge in [-0.1, -0.05) is 36.8 Å². The molecule has 1 heterocycles. The molecule has 0 spiro atoms. The summed E-state index contributed by atoms with van der Waals surface area (Å²) in [5.74, 6) is 0.212. The van der Waals surface area contributed by atoms with Crippen LogP contribution >= 0.6 is 0 Å². The first kappa shape index (κ1) is 16.5. The van der Waals surface area contributed by atoms with Crippen LogP contribution in [0.5, 0.6) is 0 Å². The van der Waals surface area contributed by atoms with E-state index in [1.807, 2.05) is 23.1 Å². The number of rotatable bonds is 6. The zero-order chi connectivity index (χ0) is 16.2.